The van der Waals surface area contributed by atoms with E-state index in [1.165, 1.54) is 120 Å². The number of hydrogen-bond donors (Lipinski definition) is 0. The van der Waals surface area contributed by atoms with E-state index in [1.807, 2.05) is 0 Å². The zero-order chi connectivity index (χ0) is 43.0. The lowest BCUT2D eigenvalue weighted by molar-refractivity contribution is 0.653. The molecule has 0 spiro atoms. The van der Waals surface area contributed by atoms with Crippen LogP contribution in [0, 0.1) is 0 Å². The maximum atomic E-state index is 2.50. The molecule has 14 rings (SSSR count). The number of nitrogens with zero attached hydrogens (tertiary/aromatic N) is 2. The van der Waals surface area contributed by atoms with Gasteiger partial charge >= 0.3 is 0 Å². The van der Waals surface area contributed by atoms with Crippen molar-refractivity contribution in [3.05, 3.63) is 223 Å². The summed E-state index contributed by atoms with van der Waals surface area (Å²) in [5.74, 6) is 0. The van der Waals surface area contributed by atoms with Crippen LogP contribution in [0.1, 0.15) is 37.8 Å². The van der Waals surface area contributed by atoms with Crippen molar-refractivity contribution in [2.75, 3.05) is 0 Å². The summed E-state index contributed by atoms with van der Waals surface area (Å²) in [6.45, 7) is 4.90. The lowest BCUT2D eigenvalue weighted by Crippen LogP contribution is -2.18. The molecule has 2 aliphatic rings. The van der Waals surface area contributed by atoms with Crippen molar-refractivity contribution >= 4 is 81.5 Å². The van der Waals surface area contributed by atoms with E-state index in [1.54, 1.807) is 0 Å². The minimum absolute atomic E-state index is 0.165. The summed E-state index contributed by atoms with van der Waals surface area (Å²) in [7, 11) is 0. The number of rotatable bonds is 4. The molecule has 0 unspecified atom stereocenters. The molecule has 2 aliphatic carbocycles. The molecule has 306 valence electrons. The van der Waals surface area contributed by atoms with Crippen LogP contribution < -0.4 is 0 Å². The third-order valence-electron chi connectivity index (χ3n) is 14.9. The molecule has 10 aromatic carbocycles. The van der Waals surface area contributed by atoms with Gasteiger partial charge in [0.15, 0.2) is 0 Å². The minimum Gasteiger partial charge on any atom is -0.309 e. The zero-order valence-corrected chi connectivity index (χ0v) is 36.4. The molecule has 2 nitrogen and oxygen atoms in total. The van der Waals surface area contributed by atoms with Crippen LogP contribution >= 0.6 is 0 Å². The average molecular weight is 829 g/mol. The van der Waals surface area contributed by atoms with Crippen LogP contribution in [0.2, 0.25) is 0 Å². The largest absolute Gasteiger partial charge is 0.309 e. The molecule has 65 heavy (non-hydrogen) atoms. The van der Waals surface area contributed by atoms with Crippen LogP contribution in [-0.4, -0.2) is 9.13 Å². The lowest BCUT2D eigenvalue weighted by atomic mass is 9.75. The first-order valence-electron chi connectivity index (χ1n) is 23.1. The summed E-state index contributed by atoms with van der Waals surface area (Å²) >= 11 is 0. The van der Waals surface area contributed by atoms with Crippen molar-refractivity contribution < 1.29 is 0 Å². The molecule has 0 radical (unpaired) electrons. The normalized spacial score (nSPS) is 14.5. The van der Waals surface area contributed by atoms with Crippen LogP contribution in [0.3, 0.4) is 0 Å². The predicted octanol–water partition coefficient (Wildman–Crippen LogP) is 17.1. The fourth-order valence-corrected chi connectivity index (χ4v) is 12.2. The SMILES string of the molecule is CC1(C)C2=C(CCC=C2)c2cccc(-c3c4ccc(-n5c6ccccc6c6ccccc65)cc4c(-c4ccc5ccccc5c4)c4ccc(-n5c6ccccc6c6ccccc65)cc34)c21. The molecule has 0 atom stereocenters. The second kappa shape index (κ2) is 13.5. The number of benzene rings is 10. The van der Waals surface area contributed by atoms with Gasteiger partial charge in [0.1, 0.15) is 0 Å². The summed E-state index contributed by atoms with van der Waals surface area (Å²) in [5, 5.41) is 12.6. The Morgan fingerprint density at radius 1 is 0.400 bits per heavy atom. The Hall–Kier alpha value is -7.94. The number of allylic oxidation sites excluding steroid dienone is 4. The van der Waals surface area contributed by atoms with Crippen LogP contribution in [-0.2, 0) is 5.41 Å². The number of para-hydroxylation sites is 4. The molecule has 0 saturated carbocycles. The van der Waals surface area contributed by atoms with Crippen LogP contribution in [0.15, 0.2) is 212 Å². The van der Waals surface area contributed by atoms with Crippen LogP contribution in [0.4, 0.5) is 0 Å². The standard InChI is InChI=1S/C63H44N2/c1-63(2)55-25-10-5-18-44(55)51-23-15-24-52(62(51)63)61-50-35-33-42(64-56-26-11-6-19-45(56)46-20-7-12-27-57(46)64)37-53(50)60(41-31-30-39-16-3-4-17-40(39)36-41)49-34-32-43(38-54(49)61)65-58-28-13-8-21-47(58)48-22-9-14-29-59(48)65/h3-4,6-17,19-38H,5,18H2,1-2H3. The highest BCUT2D eigenvalue weighted by Crippen LogP contribution is 2.55. The van der Waals surface area contributed by atoms with E-state index in [9.17, 15) is 0 Å². The molecule has 0 fully saturated rings. The van der Waals surface area contributed by atoms with Gasteiger partial charge in [-0.3, -0.25) is 0 Å². The van der Waals surface area contributed by atoms with Gasteiger partial charge in [-0.05, 0) is 144 Å². The molecular formula is C63H44N2. The van der Waals surface area contributed by atoms with E-state index >= 15 is 0 Å². The number of fused-ring (bicyclic) bond motifs is 11. The molecular weight excluding hydrogens is 785 g/mol. The molecule has 0 saturated heterocycles. The van der Waals surface area contributed by atoms with Gasteiger partial charge in [-0.15, -0.1) is 0 Å². The summed E-state index contributed by atoms with van der Waals surface area (Å²) in [4.78, 5) is 0. The number of hydrogen-bond acceptors (Lipinski definition) is 0. The summed E-state index contributed by atoms with van der Waals surface area (Å²) < 4.78 is 4.95. The molecule has 2 aromatic heterocycles. The van der Waals surface area contributed by atoms with Crippen molar-refractivity contribution in [2.45, 2.75) is 32.1 Å². The Bertz CT molecular complexity index is 3980. The van der Waals surface area contributed by atoms with E-state index in [0.29, 0.717) is 0 Å². The van der Waals surface area contributed by atoms with Gasteiger partial charge in [0, 0.05) is 38.3 Å². The Labute approximate surface area is 377 Å². The molecule has 0 aliphatic heterocycles. The predicted molar refractivity (Wildman–Crippen MR) is 277 cm³/mol. The van der Waals surface area contributed by atoms with Gasteiger partial charge in [-0.25, -0.2) is 0 Å². The van der Waals surface area contributed by atoms with E-state index in [0.717, 1.165) is 24.2 Å². The van der Waals surface area contributed by atoms with Gasteiger partial charge in [0.2, 0.25) is 0 Å². The highest BCUT2D eigenvalue weighted by Gasteiger charge is 2.39. The summed E-state index contributed by atoms with van der Waals surface area (Å²) in [6, 6.07) is 73.0. The Morgan fingerprint density at radius 2 is 0.908 bits per heavy atom. The maximum absolute atomic E-state index is 2.50. The monoisotopic (exact) mass is 828 g/mol. The van der Waals surface area contributed by atoms with Gasteiger partial charge in [0.05, 0.1) is 22.1 Å². The Morgan fingerprint density at radius 3 is 1.51 bits per heavy atom. The van der Waals surface area contributed by atoms with Crippen molar-refractivity contribution in [2.24, 2.45) is 0 Å². The third kappa shape index (κ3) is 5.11. The van der Waals surface area contributed by atoms with Gasteiger partial charge in [0.25, 0.3) is 0 Å². The fourth-order valence-electron chi connectivity index (χ4n) is 12.2. The Kier molecular flexibility index (Phi) is 7.61. The maximum Gasteiger partial charge on any atom is 0.0541 e. The Balaban J connectivity index is 1.16. The average Bonchev–Trinajstić information content (AvgIpc) is 3.96. The van der Waals surface area contributed by atoms with Crippen molar-refractivity contribution in [1.82, 2.24) is 9.13 Å². The van der Waals surface area contributed by atoms with Crippen LogP contribution in [0.25, 0.3) is 115 Å². The highest BCUT2D eigenvalue weighted by molar-refractivity contribution is 6.23. The van der Waals surface area contributed by atoms with Crippen molar-refractivity contribution in [3.8, 4) is 33.6 Å². The molecule has 0 bridgehead atoms. The fraction of sp³-hybridized carbons (Fsp3) is 0.0794. The van der Waals surface area contributed by atoms with Crippen LogP contribution in [0.5, 0.6) is 0 Å². The molecule has 12 aromatic rings. The van der Waals surface area contributed by atoms with E-state index < -0.39 is 0 Å². The van der Waals surface area contributed by atoms with Gasteiger partial charge < -0.3 is 9.13 Å². The third-order valence-corrected chi connectivity index (χ3v) is 14.9. The minimum atomic E-state index is -0.165. The molecule has 2 heterocycles. The second-order valence-electron chi connectivity index (χ2n) is 18.7. The van der Waals surface area contributed by atoms with Crippen molar-refractivity contribution in [3.63, 3.8) is 0 Å². The molecule has 0 N–H and O–H groups in total. The number of aromatic nitrogens is 2. The van der Waals surface area contributed by atoms with Crippen molar-refractivity contribution in [1.29, 1.82) is 0 Å². The second-order valence-corrected chi connectivity index (χ2v) is 18.7. The van der Waals surface area contributed by atoms with E-state index in [2.05, 4.69) is 229 Å². The van der Waals surface area contributed by atoms with E-state index in [4.69, 9.17) is 0 Å². The first kappa shape index (κ1) is 36.5. The molecule has 2 heteroatoms. The highest BCUT2D eigenvalue weighted by atomic mass is 15.0. The first-order valence-corrected chi connectivity index (χ1v) is 23.1. The smallest absolute Gasteiger partial charge is 0.0541 e. The molecule has 0 amide bonds. The first-order chi connectivity index (χ1) is 32.0. The lowest BCUT2D eigenvalue weighted by Gasteiger charge is -2.28. The van der Waals surface area contributed by atoms with Gasteiger partial charge in [-0.2, -0.15) is 0 Å². The van der Waals surface area contributed by atoms with E-state index in [-0.39, 0.29) is 5.41 Å². The van der Waals surface area contributed by atoms with Gasteiger partial charge in [-0.1, -0.05) is 166 Å². The quantitative estimate of drug-likeness (QED) is 0.156. The summed E-state index contributed by atoms with van der Waals surface area (Å²) in [6.07, 6.45) is 6.95. The zero-order valence-electron chi connectivity index (χ0n) is 36.4. The topological polar surface area (TPSA) is 9.86 Å². The summed E-state index contributed by atoms with van der Waals surface area (Å²) in [5.41, 5.74) is 17.9.